The van der Waals surface area contributed by atoms with Crippen LogP contribution in [0.2, 0.25) is 0 Å². The second-order valence-electron chi connectivity index (χ2n) is 31.8. The number of alkyl halides is 6. The molecule has 12 rings (SSSR count). The first kappa shape index (κ1) is 87.2. The molecule has 12 fully saturated rings. The van der Waals surface area contributed by atoms with Crippen molar-refractivity contribution in [3.8, 4) is 0 Å². The zero-order chi connectivity index (χ0) is 65.7. The molecule has 20 heteroatoms. The van der Waals surface area contributed by atoms with E-state index in [2.05, 4.69) is 0 Å². The van der Waals surface area contributed by atoms with E-state index in [1.165, 1.54) is 67.9 Å². The fraction of sp³-hybridized carbons (Fsp3) is 1.00. The Kier molecular flexibility index (Phi) is 43.8. The normalized spacial score (nSPS) is 25.7. The number of hydrogen-bond acceptors (Lipinski definition) is 6. The summed E-state index contributed by atoms with van der Waals surface area (Å²) < 4.78 is 118. The van der Waals surface area contributed by atoms with Crippen LogP contribution in [-0.2, 0) is 65.0 Å². The Morgan fingerprint density at radius 2 is 0.255 bits per heavy atom. The second-order valence-corrected chi connectivity index (χ2v) is 48.4. The molecule has 94 heavy (non-hydrogen) atoms. The molecule has 12 saturated carbocycles. The molecule has 0 unspecified atom stereocenters. The van der Waals surface area contributed by atoms with Crippen molar-refractivity contribution >= 4 is 51.9 Å². The molecular weight excluding hydrogens is 1500 g/mol. The predicted octanol–water partition coefficient (Wildman–Crippen LogP) is 24.9. The Morgan fingerprint density at radius 1 is 0.191 bits per heavy atom. The summed E-state index contributed by atoms with van der Waals surface area (Å²) in [6.07, 6.45) is 95.2. The van der Waals surface area contributed by atoms with Crippen molar-refractivity contribution in [2.45, 2.75) is 464 Å². The first-order chi connectivity index (χ1) is 44.3. The molecule has 0 aromatic carbocycles. The van der Waals surface area contributed by atoms with Gasteiger partial charge in [0.15, 0.2) is 20.2 Å². The SMILES string of the molecule is C1CCC([PH+](C2CCCCC2)C2CCCCC2)CC1.C1CCC([PH+](C2CCCCC2)C2CCCCC2)CC1.C1CCC([PH+](C2CCCCC2)C2CCCCC2)CC1.C1CCC([PH+](C2CCCCC2)C2CCCCC2)CC1.O=S(=O)([O-])C(F)(F)F.O=S(=O)([O-])C(F)(F)F.[Ag+].[Ag+]. The first-order valence-electron chi connectivity index (χ1n) is 39.8. The monoisotopic (exact) mass is 1640 g/mol. The van der Waals surface area contributed by atoms with Gasteiger partial charge in [0, 0.05) is 31.7 Å². The molecule has 12 aliphatic rings. The fourth-order valence-corrected chi connectivity index (χ4v) is 42.1. The summed E-state index contributed by atoms with van der Waals surface area (Å²) in [5.74, 6) is 0. The zero-order valence-electron chi connectivity index (χ0n) is 58.5. The van der Waals surface area contributed by atoms with Crippen molar-refractivity contribution in [3.63, 3.8) is 0 Å². The standard InChI is InChI=1S/4C18H33P.2CHF3O3S.2Ag/c4*1-4-10-16(11-5-1)19(17-12-6-2-7-13-17)18-14-8-3-9-15-18;2*2-1(3,4)8(5,6)7;;/h4*16-18H,1-15H2;2*(H,5,6,7);;/q;;;;;;2*+1/p+2. The smallest absolute Gasteiger partial charge is 0.741 e. The van der Waals surface area contributed by atoms with Crippen LogP contribution in [0.1, 0.15) is 385 Å². The molecule has 0 amide bonds. The second kappa shape index (κ2) is 47.2. The molecule has 0 aliphatic heterocycles. The van der Waals surface area contributed by atoms with Crippen molar-refractivity contribution in [1.29, 1.82) is 0 Å². The van der Waals surface area contributed by atoms with Gasteiger partial charge in [-0.1, -0.05) is 77.0 Å². The van der Waals surface area contributed by atoms with E-state index in [0.717, 1.165) is 0 Å². The van der Waals surface area contributed by atoms with Gasteiger partial charge in [-0.3, -0.25) is 0 Å². The molecule has 0 bridgehead atoms. The third-order valence-corrected chi connectivity index (χ3v) is 44.9. The summed E-state index contributed by atoms with van der Waals surface area (Å²) in [7, 11) is -12.4. The maximum atomic E-state index is 10.7. The van der Waals surface area contributed by atoms with Crippen LogP contribution in [0.15, 0.2) is 0 Å². The number of hydrogen-bond donors (Lipinski definition) is 0. The van der Waals surface area contributed by atoms with Crippen molar-refractivity contribution < 1.29 is 97.0 Å². The molecule has 0 radical (unpaired) electrons. The third-order valence-electron chi connectivity index (χ3n) is 25.5. The molecule has 0 aromatic rings. The third kappa shape index (κ3) is 30.6. The van der Waals surface area contributed by atoms with Gasteiger partial charge >= 0.3 is 55.8 Å². The Balaban J connectivity index is 0.000000210. The maximum absolute atomic E-state index is 10.7. The zero-order valence-corrected chi connectivity index (χ0v) is 67.1. The van der Waals surface area contributed by atoms with E-state index >= 15 is 0 Å². The van der Waals surface area contributed by atoms with Crippen molar-refractivity contribution in [2.75, 3.05) is 0 Å². The van der Waals surface area contributed by atoms with E-state index < -0.39 is 31.3 Å². The summed E-state index contributed by atoms with van der Waals surface area (Å²) in [5, 5.41) is 0. The molecule has 0 spiro atoms. The Hall–Kier alpha value is 2.60. The summed E-state index contributed by atoms with van der Waals surface area (Å²) >= 11 is 0. The van der Waals surface area contributed by atoms with Crippen molar-refractivity contribution in [1.82, 2.24) is 0 Å². The Labute approximate surface area is 608 Å². The van der Waals surface area contributed by atoms with Crippen LogP contribution >= 0.6 is 31.7 Å². The largest absolute Gasteiger partial charge is 1.00 e. The van der Waals surface area contributed by atoms with Crippen LogP contribution in [0.25, 0.3) is 0 Å². The predicted molar refractivity (Wildman–Crippen MR) is 387 cm³/mol. The number of rotatable bonds is 12. The number of halogens is 6. The van der Waals surface area contributed by atoms with Gasteiger partial charge in [-0.15, -0.1) is 0 Å². The minimum Gasteiger partial charge on any atom is -0.741 e. The maximum Gasteiger partial charge on any atom is 1.00 e. The molecule has 0 saturated heterocycles. The molecule has 0 N–H and O–H groups in total. The summed E-state index contributed by atoms with van der Waals surface area (Å²) in [6, 6.07) is 0. The minimum absolute atomic E-state index is 0. The van der Waals surface area contributed by atoms with Crippen LogP contribution in [-0.4, -0.2) is 105 Å². The van der Waals surface area contributed by atoms with Crippen LogP contribution in [0, 0.1) is 0 Å². The molecule has 6 nitrogen and oxygen atoms in total. The van der Waals surface area contributed by atoms with E-state index in [1.54, 1.807) is 385 Å². The van der Waals surface area contributed by atoms with Crippen LogP contribution in [0.5, 0.6) is 0 Å². The van der Waals surface area contributed by atoms with Crippen LogP contribution in [0.3, 0.4) is 0 Å². The van der Waals surface area contributed by atoms with Gasteiger partial charge in [0.1, 0.15) is 0 Å². The van der Waals surface area contributed by atoms with E-state index in [-0.39, 0.29) is 76.4 Å². The quantitative estimate of drug-likeness (QED) is 0.0632. The van der Waals surface area contributed by atoms with Crippen LogP contribution < -0.4 is 0 Å². The minimum atomic E-state index is -6.09. The molecule has 12 aliphatic carbocycles. The van der Waals surface area contributed by atoms with Gasteiger partial charge in [0.2, 0.25) is 0 Å². The van der Waals surface area contributed by atoms with Gasteiger partial charge in [0.25, 0.3) is 0 Å². The Morgan fingerprint density at radius 3 is 0.309 bits per heavy atom. The van der Waals surface area contributed by atoms with E-state index in [1.807, 2.05) is 0 Å². The van der Waals surface area contributed by atoms with Crippen molar-refractivity contribution in [2.24, 2.45) is 0 Å². The van der Waals surface area contributed by atoms with Gasteiger partial charge in [-0.2, -0.15) is 26.3 Å². The summed E-state index contributed by atoms with van der Waals surface area (Å²) in [5.41, 5.74) is 3.43. The van der Waals surface area contributed by atoms with Gasteiger partial charge in [-0.05, 0) is 308 Å². The molecular formula is C74H136Ag2F6O6P4S2+4. The van der Waals surface area contributed by atoms with E-state index in [4.69, 9.17) is 25.9 Å². The molecule has 0 heterocycles. The molecule has 0 aromatic heterocycles. The van der Waals surface area contributed by atoms with Gasteiger partial charge in [-0.25, -0.2) is 16.8 Å². The van der Waals surface area contributed by atoms with Crippen LogP contribution in [0.4, 0.5) is 26.3 Å². The fourth-order valence-electron chi connectivity index (χ4n) is 21.2. The Bertz CT molecular complexity index is 1710. The van der Waals surface area contributed by atoms with E-state index in [9.17, 15) is 26.3 Å². The topological polar surface area (TPSA) is 114 Å². The first-order valence-corrected chi connectivity index (χ1v) is 49.5. The summed E-state index contributed by atoms with van der Waals surface area (Å²) in [4.78, 5) is 0. The van der Waals surface area contributed by atoms with Crippen molar-refractivity contribution in [3.05, 3.63) is 0 Å². The average molecular weight is 1640 g/mol. The van der Waals surface area contributed by atoms with E-state index in [0.29, 0.717) is 0 Å². The molecule has 0 atom stereocenters. The van der Waals surface area contributed by atoms with Gasteiger partial charge in [0.05, 0.1) is 67.9 Å². The summed E-state index contributed by atoms with van der Waals surface area (Å²) in [6.45, 7) is 0. The van der Waals surface area contributed by atoms with Gasteiger partial charge < -0.3 is 9.11 Å². The molecule has 560 valence electrons. The average Bonchev–Trinajstić information content (AvgIpc) is 0.909.